The number of ether oxygens (including phenoxy) is 1. The van der Waals surface area contributed by atoms with E-state index in [1.54, 1.807) is 0 Å². The molecule has 0 aliphatic heterocycles. The molecule has 0 aliphatic rings. The van der Waals surface area contributed by atoms with Crippen LogP contribution in [0.1, 0.15) is 335 Å². The molecule has 0 aromatic rings. The fourth-order valence-electron chi connectivity index (χ4n) is 9.55. The number of hydrogen-bond acceptors (Lipinski definition) is 5. The molecule has 0 fully saturated rings. The topological polar surface area (TPSA) is 95.9 Å². The van der Waals surface area contributed by atoms with E-state index in [0.717, 1.165) is 51.4 Å². The number of allylic oxidation sites excluding steroid dienone is 2. The largest absolute Gasteiger partial charge is 0.462 e. The molecule has 0 aliphatic carbocycles. The zero-order valence-electron chi connectivity index (χ0n) is 44.9. The molecule has 3 N–H and O–H groups in total. The number of rotatable bonds is 55. The van der Waals surface area contributed by atoms with Crippen molar-refractivity contribution in [3.63, 3.8) is 0 Å². The van der Waals surface area contributed by atoms with Gasteiger partial charge in [0.05, 0.1) is 25.2 Å². The highest BCUT2D eigenvalue weighted by atomic mass is 16.5. The molecule has 0 spiro atoms. The second-order valence-corrected chi connectivity index (χ2v) is 20.8. The molecule has 3 atom stereocenters. The molecular formula is C60H117NO5. The van der Waals surface area contributed by atoms with Crippen LogP contribution in [-0.4, -0.2) is 46.9 Å². The smallest absolute Gasteiger partial charge is 0.306 e. The van der Waals surface area contributed by atoms with Crippen molar-refractivity contribution < 1.29 is 24.5 Å². The van der Waals surface area contributed by atoms with Gasteiger partial charge in [-0.3, -0.25) is 9.59 Å². The van der Waals surface area contributed by atoms with E-state index < -0.39 is 18.2 Å². The Balaban J connectivity index is 4.51. The van der Waals surface area contributed by atoms with E-state index in [4.69, 9.17) is 4.74 Å². The number of hydrogen-bond donors (Lipinski definition) is 3. The Kier molecular flexibility index (Phi) is 53.4. The molecule has 392 valence electrons. The van der Waals surface area contributed by atoms with Crippen LogP contribution in [-0.2, 0) is 14.3 Å². The summed E-state index contributed by atoms with van der Waals surface area (Å²) in [5.74, 6) is -0.458. The van der Waals surface area contributed by atoms with Crippen LogP contribution in [0.15, 0.2) is 12.2 Å². The summed E-state index contributed by atoms with van der Waals surface area (Å²) in [6.07, 6.45) is 62.8. The van der Waals surface area contributed by atoms with Crippen LogP contribution in [0.4, 0.5) is 0 Å². The van der Waals surface area contributed by atoms with Crippen molar-refractivity contribution >= 4 is 11.9 Å². The Bertz CT molecular complexity index is 1000. The summed E-state index contributed by atoms with van der Waals surface area (Å²) >= 11 is 0. The lowest BCUT2D eigenvalue weighted by Crippen LogP contribution is -2.46. The third kappa shape index (κ3) is 49.0. The molecule has 0 saturated carbocycles. The minimum absolute atomic E-state index is 0.0825. The predicted molar refractivity (Wildman–Crippen MR) is 287 cm³/mol. The Morgan fingerprint density at radius 1 is 0.424 bits per heavy atom. The average Bonchev–Trinajstić information content (AvgIpc) is 3.31. The molecule has 6 nitrogen and oxygen atoms in total. The van der Waals surface area contributed by atoms with Crippen LogP contribution >= 0.6 is 0 Å². The molecule has 0 aromatic carbocycles. The summed E-state index contributed by atoms with van der Waals surface area (Å²) < 4.78 is 5.97. The predicted octanol–water partition coefficient (Wildman–Crippen LogP) is 18.5. The highest BCUT2D eigenvalue weighted by molar-refractivity contribution is 5.77. The first kappa shape index (κ1) is 64.6. The maximum atomic E-state index is 13.3. The van der Waals surface area contributed by atoms with Crippen molar-refractivity contribution in [3.05, 3.63) is 12.2 Å². The zero-order chi connectivity index (χ0) is 48.1. The standard InChI is InChI=1S/C60H117NO5/c1-4-7-10-13-16-19-22-25-28-31-33-36-39-42-45-48-51-56(66-60(65)53-50-47-44-41-38-35-32-29-26-23-20-17-14-11-8-5-2)54-59(64)61-57(55-62)58(63)52-49-46-43-40-37-34-30-27-24-21-18-15-12-9-6-3/h29,32,56-58,62-63H,4-28,30-31,33-55H2,1-3H3,(H,61,64)/b32-29+. The zero-order valence-corrected chi connectivity index (χ0v) is 44.9. The third-order valence-electron chi connectivity index (χ3n) is 14.1. The minimum atomic E-state index is -0.784. The van der Waals surface area contributed by atoms with E-state index >= 15 is 0 Å². The molecule has 6 heteroatoms. The first-order valence-electron chi connectivity index (χ1n) is 29.9. The van der Waals surface area contributed by atoms with Crippen molar-refractivity contribution in [1.29, 1.82) is 0 Å². The molecule has 0 saturated heterocycles. The first-order valence-corrected chi connectivity index (χ1v) is 29.9. The van der Waals surface area contributed by atoms with E-state index in [0.29, 0.717) is 19.3 Å². The number of nitrogens with one attached hydrogen (secondary N) is 1. The monoisotopic (exact) mass is 932 g/mol. The highest BCUT2D eigenvalue weighted by Crippen LogP contribution is 2.19. The van der Waals surface area contributed by atoms with E-state index in [-0.39, 0.29) is 24.9 Å². The average molecular weight is 933 g/mol. The molecule has 0 rings (SSSR count). The van der Waals surface area contributed by atoms with Gasteiger partial charge in [-0.25, -0.2) is 0 Å². The quantitative estimate of drug-likeness (QED) is 0.0321. The third-order valence-corrected chi connectivity index (χ3v) is 14.1. The SMILES string of the molecule is CCCCCCCCC/C=C/CCCCCCCC(=O)OC(CCCCCCCCCCCCCCCCCC)CC(=O)NC(CO)C(O)CCCCCCCCCCCCCCCCC. The lowest BCUT2D eigenvalue weighted by molar-refractivity contribution is -0.151. The molecule has 0 aromatic heterocycles. The fourth-order valence-corrected chi connectivity index (χ4v) is 9.55. The molecule has 0 bridgehead atoms. The van der Waals surface area contributed by atoms with Crippen LogP contribution < -0.4 is 5.32 Å². The summed E-state index contributed by atoms with van der Waals surface area (Å²) in [5.41, 5.74) is 0. The number of unbranched alkanes of at least 4 members (excludes halogenated alkanes) is 41. The van der Waals surface area contributed by atoms with Gasteiger partial charge < -0.3 is 20.3 Å². The molecule has 66 heavy (non-hydrogen) atoms. The fraction of sp³-hybridized carbons (Fsp3) is 0.933. The van der Waals surface area contributed by atoms with E-state index in [1.165, 1.54) is 238 Å². The molecule has 1 amide bonds. The van der Waals surface area contributed by atoms with Crippen molar-refractivity contribution in [3.8, 4) is 0 Å². The van der Waals surface area contributed by atoms with Crippen LogP contribution in [0.2, 0.25) is 0 Å². The summed E-state index contributed by atoms with van der Waals surface area (Å²) in [5, 5.41) is 23.9. The van der Waals surface area contributed by atoms with E-state index in [1.807, 2.05) is 0 Å². The molecular weight excluding hydrogens is 815 g/mol. The van der Waals surface area contributed by atoms with Gasteiger partial charge in [0.2, 0.25) is 5.91 Å². The van der Waals surface area contributed by atoms with E-state index in [2.05, 4.69) is 38.2 Å². The number of carbonyl (C=O) groups is 2. The van der Waals surface area contributed by atoms with Crippen LogP contribution in [0.5, 0.6) is 0 Å². The maximum Gasteiger partial charge on any atom is 0.306 e. The van der Waals surface area contributed by atoms with Crippen LogP contribution in [0.25, 0.3) is 0 Å². The first-order chi connectivity index (χ1) is 32.5. The second-order valence-electron chi connectivity index (χ2n) is 20.8. The second kappa shape index (κ2) is 54.5. The Labute approximate surface area is 412 Å². The van der Waals surface area contributed by atoms with Gasteiger partial charge in [0.25, 0.3) is 0 Å². The van der Waals surface area contributed by atoms with Crippen molar-refractivity contribution in [2.24, 2.45) is 0 Å². The normalized spacial score (nSPS) is 13.1. The number of carbonyl (C=O) groups excluding carboxylic acids is 2. The van der Waals surface area contributed by atoms with Gasteiger partial charge in [0.1, 0.15) is 6.10 Å². The Hall–Kier alpha value is -1.40. The minimum Gasteiger partial charge on any atom is -0.462 e. The van der Waals surface area contributed by atoms with Gasteiger partial charge in [-0.1, -0.05) is 283 Å². The molecule has 0 radical (unpaired) electrons. The lowest BCUT2D eigenvalue weighted by Gasteiger charge is -2.24. The van der Waals surface area contributed by atoms with Gasteiger partial charge in [-0.05, 0) is 51.4 Å². The van der Waals surface area contributed by atoms with Crippen LogP contribution in [0, 0.1) is 0 Å². The van der Waals surface area contributed by atoms with Gasteiger partial charge in [-0.15, -0.1) is 0 Å². The number of aliphatic hydroxyl groups is 2. The number of amides is 1. The summed E-state index contributed by atoms with van der Waals surface area (Å²) in [6, 6.07) is -0.698. The Morgan fingerprint density at radius 2 is 0.727 bits per heavy atom. The number of esters is 1. The summed E-state index contributed by atoms with van der Waals surface area (Å²) in [7, 11) is 0. The van der Waals surface area contributed by atoms with Crippen molar-refractivity contribution in [2.45, 2.75) is 354 Å². The molecule has 3 unspecified atom stereocenters. The summed E-state index contributed by atoms with van der Waals surface area (Å²) in [6.45, 7) is 6.53. The summed E-state index contributed by atoms with van der Waals surface area (Å²) in [4.78, 5) is 26.3. The van der Waals surface area contributed by atoms with Crippen molar-refractivity contribution in [2.75, 3.05) is 6.61 Å². The lowest BCUT2D eigenvalue weighted by atomic mass is 10.0. The van der Waals surface area contributed by atoms with Gasteiger partial charge in [-0.2, -0.15) is 0 Å². The van der Waals surface area contributed by atoms with Gasteiger partial charge in [0, 0.05) is 6.42 Å². The van der Waals surface area contributed by atoms with Gasteiger partial charge in [0.15, 0.2) is 0 Å². The van der Waals surface area contributed by atoms with E-state index in [9.17, 15) is 19.8 Å². The van der Waals surface area contributed by atoms with Gasteiger partial charge >= 0.3 is 5.97 Å². The molecule has 0 heterocycles. The maximum absolute atomic E-state index is 13.3. The Morgan fingerprint density at radius 3 is 1.08 bits per heavy atom. The van der Waals surface area contributed by atoms with Crippen molar-refractivity contribution in [1.82, 2.24) is 5.32 Å². The highest BCUT2D eigenvalue weighted by Gasteiger charge is 2.24. The van der Waals surface area contributed by atoms with Crippen LogP contribution in [0.3, 0.4) is 0 Å². The number of aliphatic hydroxyl groups excluding tert-OH is 2.